The number of hydrogen-bond donors (Lipinski definition) is 1. The van der Waals surface area contributed by atoms with E-state index >= 15 is 0 Å². The van der Waals surface area contributed by atoms with E-state index in [1.807, 2.05) is 60.1 Å². The highest BCUT2D eigenvalue weighted by molar-refractivity contribution is 7.07. The molecule has 7 nitrogen and oxygen atoms in total. The molecule has 0 bridgehead atoms. The highest BCUT2D eigenvalue weighted by Gasteiger charge is 2.21. The first-order valence-electron chi connectivity index (χ1n) is 10.1. The van der Waals surface area contributed by atoms with Gasteiger partial charge in [0.2, 0.25) is 12.2 Å². The number of rotatable bonds is 10. The van der Waals surface area contributed by atoms with Crippen LogP contribution in [0.5, 0.6) is 11.5 Å². The van der Waals surface area contributed by atoms with E-state index in [1.165, 1.54) is 6.39 Å². The zero-order valence-corrected chi connectivity index (χ0v) is 18.2. The molecule has 8 heteroatoms. The number of carboxylic acid groups (broad SMARTS) is 1. The molecule has 2 heterocycles. The van der Waals surface area contributed by atoms with Crippen molar-refractivity contribution in [3.63, 3.8) is 0 Å². The summed E-state index contributed by atoms with van der Waals surface area (Å²) in [6.45, 7) is 2.41. The maximum absolute atomic E-state index is 11.3. The van der Waals surface area contributed by atoms with Crippen molar-refractivity contribution in [2.45, 2.75) is 32.5 Å². The summed E-state index contributed by atoms with van der Waals surface area (Å²) in [5.74, 6) is 0.623. The predicted octanol–water partition coefficient (Wildman–Crippen LogP) is 5.67. The highest BCUT2D eigenvalue weighted by atomic mass is 32.1. The van der Waals surface area contributed by atoms with Crippen LogP contribution in [0.15, 0.2) is 70.2 Å². The minimum Gasteiger partial charge on any atom is -0.489 e. The fraction of sp³-hybridized carbons (Fsp3) is 0.208. The molecule has 0 fully saturated rings. The van der Waals surface area contributed by atoms with Crippen LogP contribution in [-0.2, 0) is 11.4 Å². The Bertz CT molecular complexity index is 1160. The van der Waals surface area contributed by atoms with Crippen molar-refractivity contribution in [2.75, 3.05) is 0 Å². The lowest BCUT2D eigenvalue weighted by molar-refractivity contribution is -0.137. The Morgan fingerprint density at radius 1 is 1.22 bits per heavy atom. The Labute approximate surface area is 189 Å². The Morgan fingerprint density at radius 3 is 2.81 bits per heavy atom. The molecule has 0 spiro atoms. The van der Waals surface area contributed by atoms with Gasteiger partial charge in [-0.2, -0.15) is 16.3 Å². The molecule has 164 valence electrons. The van der Waals surface area contributed by atoms with Gasteiger partial charge >= 0.3 is 5.97 Å². The number of aromatic nitrogens is 2. The first kappa shape index (κ1) is 21.6. The van der Waals surface area contributed by atoms with E-state index in [9.17, 15) is 9.90 Å². The third-order valence-electron chi connectivity index (χ3n) is 4.97. The lowest BCUT2D eigenvalue weighted by Crippen LogP contribution is -2.12. The monoisotopic (exact) mass is 450 g/mol. The number of nitrogens with zero attached hydrogens (tertiary/aromatic N) is 2. The summed E-state index contributed by atoms with van der Waals surface area (Å²) in [6.07, 6.45) is 1.07. The van der Waals surface area contributed by atoms with Crippen LogP contribution in [0.1, 0.15) is 35.6 Å². The van der Waals surface area contributed by atoms with Gasteiger partial charge in [-0.25, -0.2) is 0 Å². The molecule has 32 heavy (non-hydrogen) atoms. The van der Waals surface area contributed by atoms with Crippen LogP contribution in [0.25, 0.3) is 11.4 Å². The molecule has 4 rings (SSSR count). The van der Waals surface area contributed by atoms with Crippen LogP contribution in [0, 0.1) is 6.92 Å². The summed E-state index contributed by atoms with van der Waals surface area (Å²) in [6, 6.07) is 15.2. The van der Waals surface area contributed by atoms with Crippen LogP contribution in [-0.4, -0.2) is 21.2 Å². The van der Waals surface area contributed by atoms with E-state index in [4.69, 9.17) is 14.0 Å². The Kier molecular flexibility index (Phi) is 6.81. The van der Waals surface area contributed by atoms with Crippen molar-refractivity contribution in [3.8, 4) is 22.9 Å². The summed E-state index contributed by atoms with van der Waals surface area (Å²) >= 11 is 1.61. The Hall–Kier alpha value is -3.65. The number of aliphatic carboxylic acids is 1. The van der Waals surface area contributed by atoms with Crippen molar-refractivity contribution < 1.29 is 23.9 Å². The van der Waals surface area contributed by atoms with Crippen molar-refractivity contribution in [3.05, 3.63) is 82.4 Å². The molecule has 0 saturated heterocycles. The first-order chi connectivity index (χ1) is 15.6. The molecule has 1 atom stereocenters. The average molecular weight is 451 g/mol. The standard InChI is InChI=1S/C24H22N2O5S/c1-16-4-2-3-5-19(16)21(8-9-23(27)28)31-22-12-18(29-13-17-10-11-32-14-17)6-7-20(22)24-25-15-30-26-24/h2-7,10-12,14-15,21H,8-9,13H2,1H3,(H,27,28)/t21-/m1/s1. The third kappa shape index (κ3) is 5.33. The zero-order chi connectivity index (χ0) is 22.3. The largest absolute Gasteiger partial charge is 0.489 e. The molecule has 0 aliphatic heterocycles. The first-order valence-corrected chi connectivity index (χ1v) is 11.0. The van der Waals surface area contributed by atoms with Gasteiger partial charge in [-0.05, 0) is 59.0 Å². The number of thiophene rings is 1. The summed E-state index contributed by atoms with van der Waals surface area (Å²) in [5.41, 5.74) is 3.67. The van der Waals surface area contributed by atoms with Gasteiger partial charge in [-0.15, -0.1) is 0 Å². The van der Waals surface area contributed by atoms with Gasteiger partial charge in [0.15, 0.2) is 0 Å². The van der Waals surface area contributed by atoms with Crippen LogP contribution < -0.4 is 9.47 Å². The van der Waals surface area contributed by atoms with Crippen LogP contribution in [0.3, 0.4) is 0 Å². The number of aryl methyl sites for hydroxylation is 1. The Balaban J connectivity index is 1.66. The summed E-state index contributed by atoms with van der Waals surface area (Å²) in [4.78, 5) is 15.4. The normalized spacial score (nSPS) is 11.8. The molecule has 0 radical (unpaired) electrons. The number of hydrogen-bond acceptors (Lipinski definition) is 7. The third-order valence-corrected chi connectivity index (χ3v) is 5.70. The van der Waals surface area contributed by atoms with E-state index in [0.717, 1.165) is 16.7 Å². The maximum Gasteiger partial charge on any atom is 0.303 e. The Morgan fingerprint density at radius 2 is 2.09 bits per heavy atom. The van der Waals surface area contributed by atoms with Gasteiger partial charge in [0.05, 0.1) is 5.56 Å². The van der Waals surface area contributed by atoms with Crippen LogP contribution >= 0.6 is 11.3 Å². The van der Waals surface area contributed by atoms with Crippen LogP contribution in [0.2, 0.25) is 0 Å². The lowest BCUT2D eigenvalue weighted by Gasteiger charge is -2.22. The van der Waals surface area contributed by atoms with E-state index in [-0.39, 0.29) is 6.42 Å². The van der Waals surface area contributed by atoms with E-state index < -0.39 is 12.1 Å². The van der Waals surface area contributed by atoms with E-state index in [0.29, 0.717) is 35.9 Å². The average Bonchev–Trinajstić information content (AvgIpc) is 3.50. The topological polar surface area (TPSA) is 94.7 Å². The predicted molar refractivity (Wildman–Crippen MR) is 120 cm³/mol. The van der Waals surface area contributed by atoms with Gasteiger partial charge in [0.25, 0.3) is 0 Å². The van der Waals surface area contributed by atoms with E-state index in [1.54, 1.807) is 17.4 Å². The lowest BCUT2D eigenvalue weighted by atomic mass is 9.99. The van der Waals surface area contributed by atoms with Crippen molar-refractivity contribution in [2.24, 2.45) is 0 Å². The van der Waals surface area contributed by atoms with Crippen molar-refractivity contribution in [1.82, 2.24) is 10.1 Å². The number of carboxylic acids is 1. The second-order valence-electron chi connectivity index (χ2n) is 7.23. The number of benzene rings is 2. The quantitative estimate of drug-likeness (QED) is 0.333. The van der Waals surface area contributed by atoms with Gasteiger partial charge in [0, 0.05) is 12.5 Å². The maximum atomic E-state index is 11.3. The minimum absolute atomic E-state index is 0.0229. The van der Waals surface area contributed by atoms with Gasteiger partial charge < -0.3 is 19.1 Å². The van der Waals surface area contributed by atoms with E-state index in [2.05, 4.69) is 10.1 Å². The van der Waals surface area contributed by atoms with Crippen molar-refractivity contribution >= 4 is 17.3 Å². The highest BCUT2D eigenvalue weighted by Crippen LogP contribution is 2.37. The molecular weight excluding hydrogens is 428 g/mol. The molecule has 0 aliphatic rings. The van der Waals surface area contributed by atoms with Crippen LogP contribution in [0.4, 0.5) is 0 Å². The van der Waals surface area contributed by atoms with Gasteiger partial charge in [-0.3, -0.25) is 4.79 Å². The summed E-state index contributed by atoms with van der Waals surface area (Å²) in [5, 5.41) is 17.2. The summed E-state index contributed by atoms with van der Waals surface area (Å²) in [7, 11) is 0. The fourth-order valence-corrected chi connectivity index (χ4v) is 3.99. The van der Waals surface area contributed by atoms with Gasteiger partial charge in [0.1, 0.15) is 24.2 Å². The molecule has 0 saturated carbocycles. The molecule has 1 N–H and O–H groups in total. The molecule has 0 amide bonds. The summed E-state index contributed by atoms with van der Waals surface area (Å²) < 4.78 is 17.3. The molecule has 0 unspecified atom stereocenters. The second kappa shape index (κ2) is 10.1. The molecular formula is C24H22N2O5S. The van der Waals surface area contributed by atoms with Gasteiger partial charge in [-0.1, -0.05) is 29.4 Å². The second-order valence-corrected chi connectivity index (χ2v) is 8.01. The van der Waals surface area contributed by atoms with Crippen molar-refractivity contribution in [1.29, 1.82) is 0 Å². The fourth-order valence-electron chi connectivity index (χ4n) is 3.34. The number of carbonyl (C=O) groups is 1. The molecule has 2 aromatic carbocycles. The smallest absolute Gasteiger partial charge is 0.303 e. The zero-order valence-electron chi connectivity index (χ0n) is 17.4. The minimum atomic E-state index is -0.876. The SMILES string of the molecule is Cc1ccccc1[C@@H](CCC(=O)O)Oc1cc(OCc2ccsc2)ccc1-c1ncon1. The molecule has 4 aromatic rings. The molecule has 0 aliphatic carbocycles. The number of ether oxygens (including phenoxy) is 2. The molecule has 2 aromatic heterocycles.